The van der Waals surface area contributed by atoms with Gasteiger partial charge in [0.25, 0.3) is 0 Å². The van der Waals surface area contributed by atoms with Crippen molar-refractivity contribution >= 4 is 11.6 Å². The molecule has 4 heteroatoms. The molecular formula is C14H21ClN2O. The molecule has 3 nitrogen and oxygen atoms in total. The van der Waals surface area contributed by atoms with Crippen molar-refractivity contribution in [3.8, 4) is 0 Å². The number of likely N-dealkylation sites (N-methyl/N-ethyl adjacent to an activating group) is 1. The van der Waals surface area contributed by atoms with Crippen LogP contribution >= 0.6 is 11.6 Å². The third kappa shape index (κ3) is 3.69. The fourth-order valence-electron chi connectivity index (χ4n) is 2.59. The number of aliphatic hydroxyl groups is 1. The van der Waals surface area contributed by atoms with E-state index < -0.39 is 0 Å². The monoisotopic (exact) mass is 268 g/mol. The maximum Gasteiger partial charge on any atom is 0.0682 e. The predicted molar refractivity (Wildman–Crippen MR) is 74.8 cm³/mol. The van der Waals surface area contributed by atoms with E-state index in [1.54, 1.807) is 0 Å². The average molecular weight is 269 g/mol. The molecule has 2 rings (SSSR count). The van der Waals surface area contributed by atoms with E-state index in [4.69, 9.17) is 11.6 Å². The molecule has 1 aromatic carbocycles. The maximum absolute atomic E-state index is 9.82. The van der Waals surface area contributed by atoms with Crippen LogP contribution in [-0.2, 0) is 6.54 Å². The summed E-state index contributed by atoms with van der Waals surface area (Å²) >= 11 is 5.89. The zero-order chi connectivity index (χ0) is 13.1. The molecule has 1 aliphatic heterocycles. The van der Waals surface area contributed by atoms with Gasteiger partial charge in [-0.05, 0) is 38.2 Å². The van der Waals surface area contributed by atoms with Gasteiger partial charge in [-0.2, -0.15) is 0 Å². The Bertz CT molecular complexity index is 380. The van der Waals surface area contributed by atoms with Gasteiger partial charge in [0.2, 0.25) is 0 Å². The number of rotatable bonds is 4. The van der Waals surface area contributed by atoms with Crippen molar-refractivity contribution in [2.24, 2.45) is 0 Å². The molecule has 1 fully saturated rings. The van der Waals surface area contributed by atoms with E-state index in [1.807, 2.05) is 12.1 Å². The third-order valence-corrected chi connectivity index (χ3v) is 3.63. The predicted octanol–water partition coefficient (Wildman–Crippen LogP) is 1.84. The Kier molecular flexibility index (Phi) is 4.62. The average Bonchev–Trinajstić information content (AvgIpc) is 2.61. The highest BCUT2D eigenvalue weighted by molar-refractivity contribution is 6.30. The first kappa shape index (κ1) is 13.8. The minimum Gasteiger partial charge on any atom is -0.392 e. The number of halogens is 1. The number of hydrogen-bond donors (Lipinski definition) is 1. The minimum absolute atomic E-state index is 0.192. The van der Waals surface area contributed by atoms with Crippen LogP contribution in [-0.4, -0.2) is 54.2 Å². The van der Waals surface area contributed by atoms with Gasteiger partial charge >= 0.3 is 0 Å². The first-order valence-electron chi connectivity index (χ1n) is 6.36. The summed E-state index contributed by atoms with van der Waals surface area (Å²) in [6, 6.07) is 8.39. The second-order valence-corrected chi connectivity index (χ2v) is 5.80. The largest absolute Gasteiger partial charge is 0.392 e. The summed E-state index contributed by atoms with van der Waals surface area (Å²) in [6.07, 6.45) is 0.674. The highest BCUT2D eigenvalue weighted by Gasteiger charge is 2.30. The Labute approximate surface area is 114 Å². The highest BCUT2D eigenvalue weighted by Crippen LogP contribution is 2.21. The molecule has 0 saturated carbocycles. The normalized spacial score (nSPS) is 24.9. The molecule has 0 radical (unpaired) electrons. The maximum atomic E-state index is 9.82. The van der Waals surface area contributed by atoms with Crippen LogP contribution in [0.4, 0.5) is 0 Å². The molecule has 1 N–H and O–H groups in total. The molecule has 1 aromatic rings. The van der Waals surface area contributed by atoms with E-state index in [0.29, 0.717) is 6.04 Å². The number of likely N-dealkylation sites (tertiary alicyclic amines) is 1. The van der Waals surface area contributed by atoms with Crippen molar-refractivity contribution in [3.63, 3.8) is 0 Å². The number of nitrogens with zero attached hydrogens (tertiary/aromatic N) is 2. The van der Waals surface area contributed by atoms with Gasteiger partial charge in [-0.15, -0.1) is 0 Å². The summed E-state index contributed by atoms with van der Waals surface area (Å²) in [6.45, 7) is 2.64. The lowest BCUT2D eigenvalue weighted by Crippen LogP contribution is -2.37. The zero-order valence-corrected chi connectivity index (χ0v) is 11.8. The van der Waals surface area contributed by atoms with Crippen LogP contribution in [0.2, 0.25) is 5.02 Å². The number of aliphatic hydroxyl groups excluding tert-OH is 1. The van der Waals surface area contributed by atoms with E-state index in [1.165, 1.54) is 5.56 Å². The minimum atomic E-state index is -0.192. The third-order valence-electron chi connectivity index (χ3n) is 3.38. The van der Waals surface area contributed by atoms with Crippen molar-refractivity contribution in [3.05, 3.63) is 34.9 Å². The van der Waals surface area contributed by atoms with E-state index >= 15 is 0 Å². The van der Waals surface area contributed by atoms with Gasteiger partial charge in [0.15, 0.2) is 0 Å². The van der Waals surface area contributed by atoms with E-state index in [2.05, 4.69) is 36.0 Å². The molecule has 2 atom stereocenters. The molecule has 0 amide bonds. The lowest BCUT2D eigenvalue weighted by atomic mass is 10.1. The molecule has 0 bridgehead atoms. The Morgan fingerprint density at radius 1 is 1.33 bits per heavy atom. The summed E-state index contributed by atoms with van der Waals surface area (Å²) in [4.78, 5) is 4.53. The summed E-state index contributed by atoms with van der Waals surface area (Å²) in [5.74, 6) is 0. The smallest absolute Gasteiger partial charge is 0.0682 e. The molecular weight excluding hydrogens is 248 g/mol. The molecule has 0 aliphatic carbocycles. The summed E-state index contributed by atoms with van der Waals surface area (Å²) in [5.41, 5.74) is 1.25. The molecule has 1 aliphatic rings. The van der Waals surface area contributed by atoms with Crippen molar-refractivity contribution in [1.29, 1.82) is 0 Å². The summed E-state index contributed by atoms with van der Waals surface area (Å²) in [5, 5.41) is 10.6. The van der Waals surface area contributed by atoms with Crippen LogP contribution in [0.5, 0.6) is 0 Å². The van der Waals surface area contributed by atoms with Gasteiger partial charge in [-0.1, -0.05) is 23.7 Å². The fourth-order valence-corrected chi connectivity index (χ4v) is 2.71. The first-order valence-corrected chi connectivity index (χ1v) is 6.73. The van der Waals surface area contributed by atoms with Gasteiger partial charge in [-0.3, -0.25) is 4.90 Å². The second kappa shape index (κ2) is 6.02. The van der Waals surface area contributed by atoms with E-state index in [0.717, 1.165) is 31.1 Å². The number of benzene rings is 1. The lowest BCUT2D eigenvalue weighted by Gasteiger charge is -2.26. The Morgan fingerprint density at radius 2 is 2.00 bits per heavy atom. The molecule has 1 saturated heterocycles. The lowest BCUT2D eigenvalue weighted by molar-refractivity contribution is 0.169. The standard InChI is InChI=1S/C14H21ClN2O/c1-16(2)9-13-7-14(18)10-17(13)8-11-3-5-12(15)6-4-11/h3-6,13-14,18H,7-10H2,1-2H3. The zero-order valence-electron chi connectivity index (χ0n) is 11.0. The first-order chi connectivity index (χ1) is 8.54. The molecule has 1 heterocycles. The number of hydrogen-bond acceptors (Lipinski definition) is 3. The Morgan fingerprint density at radius 3 is 2.61 bits per heavy atom. The molecule has 2 unspecified atom stereocenters. The SMILES string of the molecule is CN(C)CC1CC(O)CN1Cc1ccc(Cl)cc1. The van der Waals surface area contributed by atoms with Crippen molar-refractivity contribution in [2.75, 3.05) is 27.2 Å². The summed E-state index contributed by atoms with van der Waals surface area (Å²) < 4.78 is 0. The van der Waals surface area contributed by atoms with Crippen LogP contribution in [0.15, 0.2) is 24.3 Å². The van der Waals surface area contributed by atoms with Gasteiger partial charge in [0, 0.05) is 30.7 Å². The van der Waals surface area contributed by atoms with Crippen molar-refractivity contribution in [2.45, 2.75) is 25.1 Å². The molecule has 18 heavy (non-hydrogen) atoms. The molecule has 100 valence electrons. The Balaban J connectivity index is 2.00. The highest BCUT2D eigenvalue weighted by atomic mass is 35.5. The van der Waals surface area contributed by atoms with Gasteiger partial charge in [0.1, 0.15) is 0 Å². The second-order valence-electron chi connectivity index (χ2n) is 5.36. The van der Waals surface area contributed by atoms with Gasteiger partial charge in [0.05, 0.1) is 6.10 Å². The van der Waals surface area contributed by atoms with Crippen LogP contribution in [0, 0.1) is 0 Å². The van der Waals surface area contributed by atoms with Crippen LogP contribution in [0.3, 0.4) is 0 Å². The number of β-amino-alcohol motifs (C(OH)–C–C–N with tert-alkyl or cyclic N) is 1. The topological polar surface area (TPSA) is 26.7 Å². The Hall–Kier alpha value is -0.610. The van der Waals surface area contributed by atoms with Gasteiger partial charge < -0.3 is 10.0 Å². The quantitative estimate of drug-likeness (QED) is 0.903. The van der Waals surface area contributed by atoms with Crippen molar-refractivity contribution < 1.29 is 5.11 Å². The summed E-state index contributed by atoms with van der Waals surface area (Å²) in [7, 11) is 4.15. The molecule has 0 spiro atoms. The van der Waals surface area contributed by atoms with E-state index in [9.17, 15) is 5.11 Å². The fraction of sp³-hybridized carbons (Fsp3) is 0.571. The van der Waals surface area contributed by atoms with Gasteiger partial charge in [-0.25, -0.2) is 0 Å². The van der Waals surface area contributed by atoms with Crippen molar-refractivity contribution in [1.82, 2.24) is 9.80 Å². The van der Waals surface area contributed by atoms with Crippen LogP contribution < -0.4 is 0 Å². The van der Waals surface area contributed by atoms with E-state index in [-0.39, 0.29) is 6.10 Å². The van der Waals surface area contributed by atoms with Crippen LogP contribution in [0.25, 0.3) is 0 Å². The van der Waals surface area contributed by atoms with Crippen LogP contribution in [0.1, 0.15) is 12.0 Å². The molecule has 0 aromatic heterocycles.